The molecule has 0 spiro atoms. The highest BCUT2D eigenvalue weighted by molar-refractivity contribution is 6.31. The van der Waals surface area contributed by atoms with Gasteiger partial charge in [-0.05, 0) is 80.9 Å². The molecule has 1 aromatic heterocycles. The Morgan fingerprint density at radius 1 is 1.00 bits per heavy atom. The Labute approximate surface area is 236 Å². The molecule has 6 heteroatoms. The van der Waals surface area contributed by atoms with Crippen LogP contribution in [-0.2, 0) is 6.54 Å². The standard InChI is InChI=1S/C33H38ClN3O2/c1-4-35(5-2)21-22-36-29-19-16-26(34)23-28(29)31(24-11-8-7-9-12-24)32(36)30-13-10-20-37(30)33(38)25-14-17-27(18-15-25)39-6-3/h7-9,11-12,14-19,23,30H,4-6,10,13,20-22H2,1-3H3. The molecule has 1 saturated heterocycles. The van der Waals surface area contributed by atoms with E-state index in [0.717, 1.165) is 67.3 Å². The number of likely N-dealkylation sites (N-methyl/N-ethyl adjacent to an activating group) is 1. The molecule has 1 aliphatic heterocycles. The van der Waals surface area contributed by atoms with Crippen LogP contribution >= 0.6 is 11.6 Å². The molecule has 4 aromatic rings. The first kappa shape index (κ1) is 27.3. The predicted octanol–water partition coefficient (Wildman–Crippen LogP) is 7.68. The molecule has 0 N–H and O–H groups in total. The van der Waals surface area contributed by atoms with E-state index in [1.807, 2.05) is 43.3 Å². The summed E-state index contributed by atoms with van der Waals surface area (Å²) in [7, 11) is 0. The van der Waals surface area contributed by atoms with Gasteiger partial charge >= 0.3 is 0 Å². The van der Waals surface area contributed by atoms with Gasteiger partial charge in [0, 0.05) is 52.4 Å². The van der Waals surface area contributed by atoms with Crippen molar-refractivity contribution in [1.82, 2.24) is 14.4 Å². The second kappa shape index (κ2) is 12.3. The lowest BCUT2D eigenvalue weighted by molar-refractivity contribution is 0.0731. The quantitative estimate of drug-likeness (QED) is 0.206. The third-order valence-electron chi connectivity index (χ3n) is 7.90. The fourth-order valence-corrected chi connectivity index (χ4v) is 6.12. The summed E-state index contributed by atoms with van der Waals surface area (Å²) in [6.45, 7) is 11.5. The lowest BCUT2D eigenvalue weighted by Gasteiger charge is -2.28. The van der Waals surface area contributed by atoms with Crippen molar-refractivity contribution in [2.24, 2.45) is 0 Å². The minimum absolute atomic E-state index is 0.0258. The van der Waals surface area contributed by atoms with Crippen molar-refractivity contribution in [2.45, 2.75) is 46.2 Å². The molecular weight excluding hydrogens is 506 g/mol. The number of nitrogens with zero attached hydrogens (tertiary/aromatic N) is 3. The smallest absolute Gasteiger partial charge is 0.254 e. The summed E-state index contributed by atoms with van der Waals surface area (Å²) in [6.07, 6.45) is 1.90. The normalized spacial score (nSPS) is 15.4. The molecule has 1 amide bonds. The van der Waals surface area contributed by atoms with E-state index in [4.69, 9.17) is 16.3 Å². The highest BCUT2D eigenvalue weighted by Gasteiger charge is 2.36. The summed E-state index contributed by atoms with van der Waals surface area (Å²) in [5, 5.41) is 1.87. The summed E-state index contributed by atoms with van der Waals surface area (Å²) < 4.78 is 8.06. The highest BCUT2D eigenvalue weighted by Crippen LogP contribution is 2.44. The van der Waals surface area contributed by atoms with Crippen molar-refractivity contribution in [2.75, 3.05) is 32.8 Å². The largest absolute Gasteiger partial charge is 0.494 e. The van der Waals surface area contributed by atoms with Crippen molar-refractivity contribution in [3.8, 4) is 16.9 Å². The number of halogens is 1. The van der Waals surface area contributed by atoms with E-state index in [1.165, 1.54) is 16.8 Å². The van der Waals surface area contributed by atoms with Gasteiger partial charge in [-0.1, -0.05) is 55.8 Å². The molecule has 1 fully saturated rings. The van der Waals surface area contributed by atoms with Crippen LogP contribution in [-0.4, -0.2) is 53.1 Å². The van der Waals surface area contributed by atoms with Crippen LogP contribution in [0.2, 0.25) is 5.02 Å². The number of amides is 1. The van der Waals surface area contributed by atoms with E-state index < -0.39 is 0 Å². The number of benzene rings is 3. The first-order valence-electron chi connectivity index (χ1n) is 14.2. The van der Waals surface area contributed by atoms with Gasteiger partial charge in [0.15, 0.2) is 0 Å². The zero-order valence-corrected chi connectivity index (χ0v) is 24.0. The number of hydrogen-bond donors (Lipinski definition) is 0. The van der Waals surface area contributed by atoms with E-state index >= 15 is 0 Å². The maximum absolute atomic E-state index is 13.9. The fourth-order valence-electron chi connectivity index (χ4n) is 5.94. The van der Waals surface area contributed by atoms with Gasteiger partial charge in [0.05, 0.1) is 12.6 Å². The van der Waals surface area contributed by atoms with Crippen molar-refractivity contribution >= 4 is 28.4 Å². The fraction of sp³-hybridized carbons (Fsp3) is 0.364. The Morgan fingerprint density at radius 2 is 1.74 bits per heavy atom. The number of fused-ring (bicyclic) bond motifs is 1. The third kappa shape index (κ3) is 5.57. The molecule has 1 unspecified atom stereocenters. The van der Waals surface area contributed by atoms with Gasteiger partial charge < -0.3 is 19.1 Å². The van der Waals surface area contributed by atoms with Gasteiger partial charge in [0.2, 0.25) is 0 Å². The Morgan fingerprint density at radius 3 is 2.44 bits per heavy atom. The van der Waals surface area contributed by atoms with Crippen LogP contribution in [0.4, 0.5) is 0 Å². The Balaban J connectivity index is 1.64. The van der Waals surface area contributed by atoms with E-state index in [-0.39, 0.29) is 11.9 Å². The molecule has 0 saturated carbocycles. The van der Waals surface area contributed by atoms with E-state index in [0.29, 0.717) is 12.2 Å². The Kier molecular flexibility index (Phi) is 8.59. The number of likely N-dealkylation sites (tertiary alicyclic amines) is 1. The van der Waals surface area contributed by atoms with Gasteiger partial charge in [-0.3, -0.25) is 4.79 Å². The molecule has 3 aromatic carbocycles. The highest BCUT2D eigenvalue weighted by atomic mass is 35.5. The molecule has 2 heterocycles. The van der Waals surface area contributed by atoms with Gasteiger partial charge in [0.25, 0.3) is 5.91 Å². The summed E-state index contributed by atoms with van der Waals surface area (Å²) in [5.41, 5.74) is 5.41. The second-order valence-corrected chi connectivity index (χ2v) is 10.5. The van der Waals surface area contributed by atoms with Crippen LogP contribution in [0.1, 0.15) is 55.7 Å². The minimum Gasteiger partial charge on any atom is -0.494 e. The van der Waals surface area contributed by atoms with Crippen molar-refractivity contribution in [3.63, 3.8) is 0 Å². The summed E-state index contributed by atoms with van der Waals surface area (Å²) in [5.74, 6) is 0.852. The zero-order chi connectivity index (χ0) is 27.4. The average Bonchev–Trinajstić information content (AvgIpc) is 3.56. The van der Waals surface area contributed by atoms with Crippen molar-refractivity contribution in [3.05, 3.63) is 89.1 Å². The number of carbonyl (C=O) groups is 1. The van der Waals surface area contributed by atoms with Crippen LogP contribution in [0.15, 0.2) is 72.8 Å². The molecule has 1 atom stereocenters. The van der Waals surface area contributed by atoms with Crippen molar-refractivity contribution < 1.29 is 9.53 Å². The maximum atomic E-state index is 13.9. The average molecular weight is 544 g/mol. The monoisotopic (exact) mass is 543 g/mol. The molecule has 0 aliphatic carbocycles. The molecule has 39 heavy (non-hydrogen) atoms. The minimum atomic E-state index is -0.0258. The number of ether oxygens (including phenoxy) is 1. The van der Waals surface area contributed by atoms with E-state index in [2.05, 4.69) is 64.6 Å². The Bertz CT molecular complexity index is 1410. The van der Waals surface area contributed by atoms with Gasteiger partial charge in [-0.25, -0.2) is 0 Å². The summed E-state index contributed by atoms with van der Waals surface area (Å²) >= 11 is 6.57. The second-order valence-electron chi connectivity index (χ2n) is 10.1. The number of carbonyl (C=O) groups excluding carboxylic acids is 1. The number of rotatable bonds is 10. The SMILES string of the molecule is CCOc1ccc(C(=O)N2CCCC2c2c(-c3ccccc3)c3cc(Cl)ccc3n2CCN(CC)CC)cc1. The maximum Gasteiger partial charge on any atom is 0.254 e. The molecule has 0 radical (unpaired) electrons. The third-order valence-corrected chi connectivity index (χ3v) is 8.14. The Hall–Kier alpha value is -3.28. The van der Waals surface area contributed by atoms with Gasteiger partial charge in [-0.2, -0.15) is 0 Å². The van der Waals surface area contributed by atoms with Crippen LogP contribution in [0, 0.1) is 0 Å². The number of hydrogen-bond acceptors (Lipinski definition) is 3. The van der Waals surface area contributed by atoms with E-state index in [9.17, 15) is 4.79 Å². The van der Waals surface area contributed by atoms with Crippen LogP contribution in [0.5, 0.6) is 5.75 Å². The lowest BCUT2D eigenvalue weighted by atomic mass is 9.97. The molecule has 204 valence electrons. The van der Waals surface area contributed by atoms with Crippen LogP contribution in [0.25, 0.3) is 22.0 Å². The van der Waals surface area contributed by atoms with Gasteiger partial charge in [-0.15, -0.1) is 0 Å². The van der Waals surface area contributed by atoms with E-state index in [1.54, 1.807) is 0 Å². The molecule has 5 rings (SSSR count). The molecule has 0 bridgehead atoms. The van der Waals surface area contributed by atoms with Crippen LogP contribution in [0.3, 0.4) is 0 Å². The lowest BCUT2D eigenvalue weighted by Crippen LogP contribution is -2.33. The first-order chi connectivity index (χ1) is 19.0. The molecular formula is C33H38ClN3O2. The van der Waals surface area contributed by atoms with Crippen LogP contribution < -0.4 is 4.74 Å². The van der Waals surface area contributed by atoms with Crippen molar-refractivity contribution in [1.29, 1.82) is 0 Å². The predicted molar refractivity (Wildman–Crippen MR) is 161 cm³/mol. The summed E-state index contributed by atoms with van der Waals surface area (Å²) in [4.78, 5) is 18.5. The number of aromatic nitrogens is 1. The topological polar surface area (TPSA) is 37.7 Å². The molecule has 5 nitrogen and oxygen atoms in total. The summed E-state index contributed by atoms with van der Waals surface area (Å²) in [6, 6.07) is 24.3. The first-order valence-corrected chi connectivity index (χ1v) is 14.6. The zero-order valence-electron chi connectivity index (χ0n) is 23.2. The molecule has 1 aliphatic rings. The van der Waals surface area contributed by atoms with Gasteiger partial charge in [0.1, 0.15) is 5.75 Å².